The molecule has 0 bridgehead atoms. The lowest BCUT2D eigenvalue weighted by Crippen LogP contribution is -2.05. The van der Waals surface area contributed by atoms with Gasteiger partial charge in [0.15, 0.2) is 11.5 Å². The van der Waals surface area contributed by atoms with E-state index in [2.05, 4.69) is 4.74 Å². The maximum atomic E-state index is 12.4. The Hall–Kier alpha value is -3.49. The number of esters is 1. The Kier molecular flexibility index (Phi) is 6.81. The largest absolute Gasteiger partial charge is 0.490 e. The SMILES string of the molecule is CCOc1cc(/C=C/C(=O)Oc2ccc([N+](=O)[O-])cc2)ccc1OC(F)F. The molecule has 0 fully saturated rings. The maximum absolute atomic E-state index is 12.4. The van der Waals surface area contributed by atoms with Crippen molar-refractivity contribution in [3.63, 3.8) is 0 Å². The van der Waals surface area contributed by atoms with E-state index in [-0.39, 0.29) is 29.5 Å². The minimum atomic E-state index is -2.98. The normalized spacial score (nSPS) is 10.8. The third-order valence-corrected chi connectivity index (χ3v) is 3.16. The molecule has 0 atom stereocenters. The van der Waals surface area contributed by atoms with Crippen LogP contribution in [0.3, 0.4) is 0 Å². The van der Waals surface area contributed by atoms with Crippen molar-refractivity contribution in [1.82, 2.24) is 0 Å². The minimum Gasteiger partial charge on any atom is -0.490 e. The maximum Gasteiger partial charge on any atom is 0.387 e. The third-order valence-electron chi connectivity index (χ3n) is 3.16. The van der Waals surface area contributed by atoms with Crippen molar-refractivity contribution < 1.29 is 32.7 Å². The van der Waals surface area contributed by atoms with E-state index in [0.717, 1.165) is 6.08 Å². The van der Waals surface area contributed by atoms with Crippen LogP contribution >= 0.6 is 0 Å². The molecular weight excluding hydrogens is 364 g/mol. The fourth-order valence-electron chi connectivity index (χ4n) is 2.04. The van der Waals surface area contributed by atoms with E-state index in [1.807, 2.05) is 0 Å². The number of nitro benzene ring substituents is 1. The van der Waals surface area contributed by atoms with Gasteiger partial charge in [-0.05, 0) is 42.8 Å². The van der Waals surface area contributed by atoms with Crippen molar-refractivity contribution in [2.24, 2.45) is 0 Å². The molecule has 2 rings (SSSR count). The van der Waals surface area contributed by atoms with Crippen LogP contribution in [0.4, 0.5) is 14.5 Å². The van der Waals surface area contributed by atoms with Crippen LogP contribution in [0.25, 0.3) is 6.08 Å². The molecule has 0 radical (unpaired) electrons. The standard InChI is InChI=1S/C18H15F2NO6/c1-2-25-16-11-12(3-9-15(16)27-18(19)20)4-10-17(22)26-14-7-5-13(6-8-14)21(23)24/h3-11,18H,2H2,1H3/b10-4+. The van der Waals surface area contributed by atoms with Crippen molar-refractivity contribution >= 4 is 17.7 Å². The van der Waals surface area contributed by atoms with E-state index in [1.165, 1.54) is 48.5 Å². The first-order valence-corrected chi connectivity index (χ1v) is 7.75. The van der Waals surface area contributed by atoms with E-state index in [1.54, 1.807) is 6.92 Å². The molecule has 9 heteroatoms. The van der Waals surface area contributed by atoms with Crippen LogP contribution in [0.15, 0.2) is 48.5 Å². The lowest BCUT2D eigenvalue weighted by atomic mass is 10.2. The van der Waals surface area contributed by atoms with Gasteiger partial charge in [0.2, 0.25) is 0 Å². The van der Waals surface area contributed by atoms with Gasteiger partial charge in [0.1, 0.15) is 5.75 Å². The molecule has 27 heavy (non-hydrogen) atoms. The monoisotopic (exact) mass is 379 g/mol. The molecule has 0 saturated heterocycles. The van der Waals surface area contributed by atoms with Crippen molar-refractivity contribution in [3.8, 4) is 17.2 Å². The molecule has 0 saturated carbocycles. The smallest absolute Gasteiger partial charge is 0.387 e. The van der Waals surface area contributed by atoms with Gasteiger partial charge in [0.25, 0.3) is 5.69 Å². The molecule has 0 aliphatic heterocycles. The highest BCUT2D eigenvalue weighted by Gasteiger charge is 2.11. The summed E-state index contributed by atoms with van der Waals surface area (Å²) in [5, 5.41) is 10.6. The van der Waals surface area contributed by atoms with E-state index < -0.39 is 17.5 Å². The predicted octanol–water partition coefficient (Wildman–Crippen LogP) is 4.21. The minimum absolute atomic E-state index is 0.113. The third kappa shape index (κ3) is 6.07. The molecule has 0 aliphatic carbocycles. The Morgan fingerprint density at radius 3 is 2.48 bits per heavy atom. The zero-order valence-electron chi connectivity index (χ0n) is 14.1. The second-order valence-corrected chi connectivity index (χ2v) is 5.02. The lowest BCUT2D eigenvalue weighted by molar-refractivity contribution is -0.384. The summed E-state index contributed by atoms with van der Waals surface area (Å²) in [6.07, 6.45) is 2.53. The molecule has 2 aromatic carbocycles. The highest BCUT2D eigenvalue weighted by Crippen LogP contribution is 2.30. The summed E-state index contributed by atoms with van der Waals surface area (Å²) in [6.45, 7) is -1.05. The molecule has 0 amide bonds. The van der Waals surface area contributed by atoms with Crippen LogP contribution < -0.4 is 14.2 Å². The molecule has 142 valence electrons. The van der Waals surface area contributed by atoms with Gasteiger partial charge in [-0.2, -0.15) is 8.78 Å². The summed E-state index contributed by atoms with van der Waals surface area (Å²) in [7, 11) is 0. The van der Waals surface area contributed by atoms with Gasteiger partial charge in [-0.15, -0.1) is 0 Å². The van der Waals surface area contributed by atoms with Crippen molar-refractivity contribution in [3.05, 3.63) is 64.2 Å². The lowest BCUT2D eigenvalue weighted by Gasteiger charge is -2.11. The van der Waals surface area contributed by atoms with Crippen LogP contribution in [0.1, 0.15) is 12.5 Å². The molecule has 2 aromatic rings. The van der Waals surface area contributed by atoms with E-state index in [9.17, 15) is 23.7 Å². The van der Waals surface area contributed by atoms with Gasteiger partial charge >= 0.3 is 12.6 Å². The van der Waals surface area contributed by atoms with Crippen molar-refractivity contribution in [2.75, 3.05) is 6.61 Å². The van der Waals surface area contributed by atoms with Gasteiger partial charge in [0, 0.05) is 18.2 Å². The second kappa shape index (κ2) is 9.27. The van der Waals surface area contributed by atoms with Crippen LogP contribution in [-0.4, -0.2) is 24.1 Å². The number of hydrogen-bond donors (Lipinski definition) is 0. The van der Waals surface area contributed by atoms with Gasteiger partial charge in [-0.3, -0.25) is 10.1 Å². The Morgan fingerprint density at radius 2 is 1.89 bits per heavy atom. The Balaban J connectivity index is 2.06. The zero-order chi connectivity index (χ0) is 19.8. The average molecular weight is 379 g/mol. The van der Waals surface area contributed by atoms with Gasteiger partial charge in [-0.25, -0.2) is 4.79 Å². The molecule has 0 aliphatic rings. The van der Waals surface area contributed by atoms with Crippen molar-refractivity contribution in [2.45, 2.75) is 13.5 Å². The number of ether oxygens (including phenoxy) is 3. The number of nitrogens with zero attached hydrogens (tertiary/aromatic N) is 1. The number of non-ortho nitro benzene ring substituents is 1. The number of alkyl halides is 2. The molecule has 7 nitrogen and oxygen atoms in total. The summed E-state index contributed by atoms with van der Waals surface area (Å²) in [5.74, 6) is -0.568. The van der Waals surface area contributed by atoms with Crippen molar-refractivity contribution in [1.29, 1.82) is 0 Å². The molecule has 0 N–H and O–H groups in total. The first kappa shape index (κ1) is 19.8. The number of nitro groups is 1. The van der Waals surface area contributed by atoms with E-state index >= 15 is 0 Å². The summed E-state index contributed by atoms with van der Waals surface area (Å²) in [4.78, 5) is 21.8. The number of hydrogen-bond acceptors (Lipinski definition) is 6. The number of halogens is 2. The first-order valence-electron chi connectivity index (χ1n) is 7.75. The number of rotatable bonds is 8. The van der Waals surface area contributed by atoms with Crippen LogP contribution in [0, 0.1) is 10.1 Å². The zero-order valence-corrected chi connectivity index (χ0v) is 14.1. The molecule has 0 unspecified atom stereocenters. The Labute approximate surface area is 152 Å². The summed E-state index contributed by atoms with van der Waals surface area (Å²) in [5.41, 5.74) is 0.376. The van der Waals surface area contributed by atoms with E-state index in [0.29, 0.717) is 5.56 Å². The highest BCUT2D eigenvalue weighted by molar-refractivity contribution is 5.88. The van der Waals surface area contributed by atoms with E-state index in [4.69, 9.17) is 9.47 Å². The fourth-order valence-corrected chi connectivity index (χ4v) is 2.04. The highest BCUT2D eigenvalue weighted by atomic mass is 19.3. The molecule has 0 aromatic heterocycles. The molecule has 0 heterocycles. The summed E-state index contributed by atoms with van der Waals surface area (Å²) in [6, 6.07) is 9.23. The number of benzene rings is 2. The van der Waals surface area contributed by atoms with Crippen LogP contribution in [0.5, 0.6) is 17.2 Å². The molecule has 0 spiro atoms. The van der Waals surface area contributed by atoms with Crippen LogP contribution in [0.2, 0.25) is 0 Å². The Morgan fingerprint density at radius 1 is 1.19 bits per heavy atom. The predicted molar refractivity (Wildman–Crippen MR) is 92.0 cm³/mol. The summed E-state index contributed by atoms with van der Waals surface area (Å²) < 4.78 is 39.4. The first-order chi connectivity index (χ1) is 12.9. The second-order valence-electron chi connectivity index (χ2n) is 5.02. The number of carbonyl (C=O) groups excluding carboxylic acids is 1. The fraction of sp³-hybridized carbons (Fsp3) is 0.167. The van der Waals surface area contributed by atoms with Gasteiger partial charge in [0.05, 0.1) is 11.5 Å². The van der Waals surface area contributed by atoms with Gasteiger partial charge < -0.3 is 14.2 Å². The number of carbonyl (C=O) groups is 1. The topological polar surface area (TPSA) is 87.9 Å². The van der Waals surface area contributed by atoms with Gasteiger partial charge in [-0.1, -0.05) is 6.07 Å². The Bertz CT molecular complexity index is 836. The quantitative estimate of drug-likeness (QED) is 0.224. The average Bonchev–Trinajstić information content (AvgIpc) is 2.62. The summed E-state index contributed by atoms with van der Waals surface area (Å²) >= 11 is 0. The molecular formula is C18H15F2NO6. The van der Waals surface area contributed by atoms with Crippen LogP contribution in [-0.2, 0) is 4.79 Å².